The van der Waals surface area contributed by atoms with Crippen LogP contribution in [0.4, 0.5) is 0 Å². The van der Waals surface area contributed by atoms with E-state index >= 15 is 0 Å². The van der Waals surface area contributed by atoms with E-state index in [0.717, 1.165) is 0 Å². The van der Waals surface area contributed by atoms with Crippen LogP contribution in [0.25, 0.3) is 0 Å². The van der Waals surface area contributed by atoms with Gasteiger partial charge in [-0.05, 0) is 22.0 Å². The Labute approximate surface area is 118 Å². The molecule has 6 nitrogen and oxygen atoms in total. The summed E-state index contributed by atoms with van der Waals surface area (Å²) in [4.78, 5) is 28.8. The van der Waals surface area contributed by atoms with Crippen LogP contribution in [0.1, 0.15) is 16.8 Å². The standard InChI is InChI=1S/C12H13BrN2O4/c1-19-7-4-10(12(17)18)15(6-7)11(16)8-2-3-14-5-9(8)13/h2-3,5,7,10H,4,6H2,1H3,(H,17,18). The van der Waals surface area contributed by atoms with Crippen LogP contribution in [-0.4, -0.2) is 52.7 Å². The number of pyridine rings is 1. The van der Waals surface area contributed by atoms with Crippen molar-refractivity contribution in [2.45, 2.75) is 18.6 Å². The molecule has 1 saturated heterocycles. The normalized spacial score (nSPS) is 22.5. The number of aliphatic carboxylic acids is 1. The summed E-state index contributed by atoms with van der Waals surface area (Å²) in [6, 6.07) is 0.711. The zero-order valence-corrected chi connectivity index (χ0v) is 11.8. The van der Waals surface area contributed by atoms with Crippen molar-refractivity contribution in [1.29, 1.82) is 0 Å². The molecule has 0 aliphatic carbocycles. The molecule has 102 valence electrons. The summed E-state index contributed by atoms with van der Waals surface area (Å²) in [5.74, 6) is -1.35. The Bertz CT molecular complexity index is 508. The largest absolute Gasteiger partial charge is 0.480 e. The zero-order chi connectivity index (χ0) is 14.0. The second-order valence-electron chi connectivity index (χ2n) is 4.26. The van der Waals surface area contributed by atoms with Crippen molar-refractivity contribution in [2.24, 2.45) is 0 Å². The van der Waals surface area contributed by atoms with Crippen LogP contribution in [-0.2, 0) is 9.53 Å². The van der Waals surface area contributed by atoms with Gasteiger partial charge in [0.05, 0.1) is 11.7 Å². The molecule has 7 heteroatoms. The first-order valence-electron chi connectivity index (χ1n) is 5.70. The molecule has 0 saturated carbocycles. The van der Waals surface area contributed by atoms with E-state index in [1.807, 2.05) is 0 Å². The number of carbonyl (C=O) groups excluding carboxylic acids is 1. The van der Waals surface area contributed by atoms with Gasteiger partial charge in [0.1, 0.15) is 6.04 Å². The van der Waals surface area contributed by atoms with Crippen molar-refractivity contribution in [3.8, 4) is 0 Å². The number of rotatable bonds is 3. The summed E-state index contributed by atoms with van der Waals surface area (Å²) >= 11 is 3.24. The van der Waals surface area contributed by atoms with Gasteiger partial charge in [-0.2, -0.15) is 0 Å². The summed E-state index contributed by atoms with van der Waals surface area (Å²) in [6.07, 6.45) is 3.07. The lowest BCUT2D eigenvalue weighted by molar-refractivity contribution is -0.141. The third-order valence-electron chi connectivity index (χ3n) is 3.14. The third kappa shape index (κ3) is 2.76. The van der Waals surface area contributed by atoms with Crippen LogP contribution >= 0.6 is 15.9 Å². The van der Waals surface area contributed by atoms with Crippen LogP contribution in [0.3, 0.4) is 0 Å². The minimum Gasteiger partial charge on any atom is -0.480 e. The lowest BCUT2D eigenvalue weighted by atomic mass is 10.2. The van der Waals surface area contributed by atoms with E-state index in [9.17, 15) is 14.7 Å². The van der Waals surface area contributed by atoms with Gasteiger partial charge >= 0.3 is 5.97 Å². The lowest BCUT2D eigenvalue weighted by Gasteiger charge is -2.21. The number of carbonyl (C=O) groups is 2. The Kier molecular flexibility index (Phi) is 4.16. The van der Waals surface area contributed by atoms with E-state index in [2.05, 4.69) is 20.9 Å². The number of halogens is 1. The molecule has 2 atom stereocenters. The molecule has 1 aromatic rings. The minimum absolute atomic E-state index is 0.245. The van der Waals surface area contributed by atoms with Gasteiger partial charge in [0.15, 0.2) is 0 Å². The molecule has 2 unspecified atom stereocenters. The van der Waals surface area contributed by atoms with E-state index in [4.69, 9.17) is 4.74 Å². The number of likely N-dealkylation sites (tertiary alicyclic amines) is 1. The van der Waals surface area contributed by atoms with Gasteiger partial charge in [-0.15, -0.1) is 0 Å². The topological polar surface area (TPSA) is 79.7 Å². The molecule has 0 aromatic carbocycles. The molecule has 1 N–H and O–H groups in total. The maximum absolute atomic E-state index is 12.4. The Morgan fingerprint density at radius 2 is 2.32 bits per heavy atom. The Morgan fingerprint density at radius 3 is 2.89 bits per heavy atom. The number of methoxy groups -OCH3 is 1. The molecule has 1 aliphatic rings. The molecular weight excluding hydrogens is 316 g/mol. The highest BCUT2D eigenvalue weighted by atomic mass is 79.9. The van der Waals surface area contributed by atoms with Crippen molar-refractivity contribution >= 4 is 27.8 Å². The fourth-order valence-corrected chi connectivity index (χ4v) is 2.55. The minimum atomic E-state index is -1.02. The molecule has 0 bridgehead atoms. The SMILES string of the molecule is COC1CC(C(=O)O)N(C(=O)c2ccncc2Br)C1. The monoisotopic (exact) mass is 328 g/mol. The number of aromatic nitrogens is 1. The zero-order valence-electron chi connectivity index (χ0n) is 10.2. The first-order chi connectivity index (χ1) is 9.04. The highest BCUT2D eigenvalue weighted by Gasteiger charge is 2.40. The highest BCUT2D eigenvalue weighted by molar-refractivity contribution is 9.10. The maximum atomic E-state index is 12.4. The fourth-order valence-electron chi connectivity index (χ4n) is 2.13. The van der Waals surface area contributed by atoms with E-state index in [1.54, 1.807) is 6.07 Å². The second-order valence-corrected chi connectivity index (χ2v) is 5.11. The number of amides is 1. The molecule has 2 rings (SSSR count). The molecular formula is C12H13BrN2O4. The number of hydrogen-bond acceptors (Lipinski definition) is 4. The van der Waals surface area contributed by atoms with E-state index < -0.39 is 12.0 Å². The number of ether oxygens (including phenoxy) is 1. The average molecular weight is 329 g/mol. The van der Waals surface area contributed by atoms with Crippen molar-refractivity contribution in [3.63, 3.8) is 0 Å². The van der Waals surface area contributed by atoms with Gasteiger partial charge in [-0.3, -0.25) is 9.78 Å². The van der Waals surface area contributed by atoms with Gasteiger partial charge in [0, 0.05) is 36.9 Å². The van der Waals surface area contributed by atoms with Crippen LogP contribution in [0.2, 0.25) is 0 Å². The fraction of sp³-hybridized carbons (Fsp3) is 0.417. The summed E-state index contributed by atoms with van der Waals surface area (Å²) < 4.78 is 5.70. The van der Waals surface area contributed by atoms with Crippen LogP contribution in [0.15, 0.2) is 22.9 Å². The number of nitrogens with zero attached hydrogens (tertiary/aromatic N) is 2. The predicted octanol–water partition coefficient (Wildman–Crippen LogP) is 1.16. The molecule has 19 heavy (non-hydrogen) atoms. The van der Waals surface area contributed by atoms with Crippen molar-refractivity contribution < 1.29 is 19.4 Å². The van der Waals surface area contributed by atoms with Gasteiger partial charge in [0.25, 0.3) is 5.91 Å². The third-order valence-corrected chi connectivity index (χ3v) is 3.78. The van der Waals surface area contributed by atoms with Crippen molar-refractivity contribution in [2.75, 3.05) is 13.7 Å². The molecule has 0 spiro atoms. The molecule has 1 fully saturated rings. The van der Waals surface area contributed by atoms with Crippen molar-refractivity contribution in [3.05, 3.63) is 28.5 Å². The number of hydrogen-bond donors (Lipinski definition) is 1. The molecule has 2 heterocycles. The summed E-state index contributed by atoms with van der Waals surface area (Å²) in [7, 11) is 1.51. The Hall–Kier alpha value is -1.47. The van der Waals surface area contributed by atoms with Crippen molar-refractivity contribution in [1.82, 2.24) is 9.88 Å². The Morgan fingerprint density at radius 1 is 1.58 bits per heavy atom. The van der Waals surface area contributed by atoms with E-state index in [0.29, 0.717) is 16.5 Å². The first-order valence-corrected chi connectivity index (χ1v) is 6.50. The Balaban J connectivity index is 2.27. The number of carboxylic acids is 1. The lowest BCUT2D eigenvalue weighted by Crippen LogP contribution is -2.40. The second kappa shape index (κ2) is 5.66. The van der Waals surface area contributed by atoms with E-state index in [-0.39, 0.29) is 18.6 Å². The average Bonchev–Trinajstić information content (AvgIpc) is 2.83. The quantitative estimate of drug-likeness (QED) is 0.900. The van der Waals surface area contributed by atoms with E-state index in [1.165, 1.54) is 24.4 Å². The maximum Gasteiger partial charge on any atom is 0.326 e. The molecule has 1 amide bonds. The summed E-state index contributed by atoms with van der Waals surface area (Å²) in [5.41, 5.74) is 0.401. The molecule has 0 radical (unpaired) electrons. The highest BCUT2D eigenvalue weighted by Crippen LogP contribution is 2.25. The predicted molar refractivity (Wildman–Crippen MR) is 69.8 cm³/mol. The van der Waals surface area contributed by atoms with Gasteiger partial charge < -0.3 is 14.7 Å². The molecule has 1 aliphatic heterocycles. The molecule has 1 aromatic heterocycles. The van der Waals surface area contributed by atoms with Gasteiger partial charge in [-0.25, -0.2) is 4.79 Å². The van der Waals surface area contributed by atoms with Gasteiger partial charge in [-0.1, -0.05) is 0 Å². The van der Waals surface area contributed by atoms with Crippen LogP contribution in [0, 0.1) is 0 Å². The summed E-state index contributed by atoms with van der Waals surface area (Å²) in [5, 5.41) is 9.19. The smallest absolute Gasteiger partial charge is 0.326 e. The van der Waals surface area contributed by atoms with Crippen LogP contribution < -0.4 is 0 Å². The summed E-state index contributed by atoms with van der Waals surface area (Å²) in [6.45, 7) is 0.279. The van der Waals surface area contributed by atoms with Crippen LogP contribution in [0.5, 0.6) is 0 Å². The first kappa shape index (κ1) is 14.0. The number of carboxylic acid groups (broad SMARTS) is 1. The van der Waals surface area contributed by atoms with Gasteiger partial charge in [0.2, 0.25) is 0 Å².